The molecule has 0 bridgehead atoms. The van der Waals surface area contributed by atoms with Crippen molar-refractivity contribution in [3.8, 4) is 17.2 Å². The molecule has 3 N–H and O–H groups in total. The van der Waals surface area contributed by atoms with Crippen molar-refractivity contribution >= 4 is 0 Å². The molecular formula is C30H40N2O5. The molecule has 7 heteroatoms. The summed E-state index contributed by atoms with van der Waals surface area (Å²) in [7, 11) is 0. The summed E-state index contributed by atoms with van der Waals surface area (Å²) in [4.78, 5) is 23.8. The lowest BCUT2D eigenvalue weighted by Gasteiger charge is -2.29. The summed E-state index contributed by atoms with van der Waals surface area (Å²) in [6, 6.07) is 6.82. The van der Waals surface area contributed by atoms with E-state index in [4.69, 9.17) is 0 Å². The summed E-state index contributed by atoms with van der Waals surface area (Å²) in [5, 5.41) is 31.6. The number of aromatic hydroxyl groups is 3. The minimum atomic E-state index is -0.422. The Morgan fingerprint density at radius 1 is 0.703 bits per heavy atom. The quantitative estimate of drug-likeness (QED) is 0.439. The maximum atomic E-state index is 11.9. The van der Waals surface area contributed by atoms with E-state index in [9.17, 15) is 24.9 Å². The molecule has 0 fully saturated rings. The standard InChI is InChI=1S/C30H40N2O5/c1-18-26(35)24(33)9-11-31(18)16-21(17-32-12-10-25(34)27(36)19(32)2)13-20-14-22(29(3,4)5)28(37)23(15-20)30(6,7)8/h9-12,14-15,21,35-37H,13,16-17H2,1-8H3. The van der Waals surface area contributed by atoms with Crippen molar-refractivity contribution in [2.24, 2.45) is 5.92 Å². The van der Waals surface area contributed by atoms with Crippen LogP contribution in [0.4, 0.5) is 0 Å². The Kier molecular flexibility index (Phi) is 7.68. The molecule has 0 saturated carbocycles. The van der Waals surface area contributed by atoms with Gasteiger partial charge in [0.15, 0.2) is 11.5 Å². The maximum Gasteiger partial charge on any atom is 0.223 e. The lowest BCUT2D eigenvalue weighted by Crippen LogP contribution is -2.24. The first-order chi connectivity index (χ1) is 17.0. The van der Waals surface area contributed by atoms with Crippen molar-refractivity contribution in [2.75, 3.05) is 0 Å². The second-order valence-electron chi connectivity index (χ2n) is 12.1. The largest absolute Gasteiger partial charge is 0.507 e. The number of pyridine rings is 2. The Labute approximate surface area is 218 Å². The Morgan fingerprint density at radius 3 is 1.43 bits per heavy atom. The topological polar surface area (TPSA) is 105 Å². The smallest absolute Gasteiger partial charge is 0.223 e. The normalized spacial score (nSPS) is 12.4. The number of hydrogen-bond acceptors (Lipinski definition) is 5. The Bertz CT molecular complexity index is 1320. The molecule has 0 spiro atoms. The van der Waals surface area contributed by atoms with Gasteiger partial charge in [-0.2, -0.15) is 0 Å². The number of rotatable bonds is 6. The molecule has 0 aliphatic rings. The lowest BCUT2D eigenvalue weighted by atomic mass is 9.77. The highest BCUT2D eigenvalue weighted by molar-refractivity contribution is 5.50. The minimum absolute atomic E-state index is 0.0358. The summed E-state index contributed by atoms with van der Waals surface area (Å²) in [6.45, 7) is 16.9. The van der Waals surface area contributed by atoms with Gasteiger partial charge in [0.25, 0.3) is 0 Å². The van der Waals surface area contributed by atoms with Crippen LogP contribution in [0, 0.1) is 19.8 Å². The fourth-order valence-corrected chi connectivity index (χ4v) is 4.75. The van der Waals surface area contributed by atoms with Gasteiger partial charge in [0.05, 0.1) is 11.4 Å². The molecule has 0 radical (unpaired) electrons. The summed E-state index contributed by atoms with van der Waals surface area (Å²) in [5.41, 5.74) is 2.40. The third kappa shape index (κ3) is 6.09. The van der Waals surface area contributed by atoms with Crippen molar-refractivity contribution < 1.29 is 15.3 Å². The second kappa shape index (κ2) is 10.1. The van der Waals surface area contributed by atoms with E-state index in [-0.39, 0.29) is 28.2 Å². The zero-order valence-corrected chi connectivity index (χ0v) is 23.2. The van der Waals surface area contributed by atoms with Gasteiger partial charge >= 0.3 is 0 Å². The van der Waals surface area contributed by atoms with Crippen LogP contribution in [0.3, 0.4) is 0 Å². The number of phenols is 1. The van der Waals surface area contributed by atoms with E-state index in [1.165, 1.54) is 12.1 Å². The summed E-state index contributed by atoms with van der Waals surface area (Å²) < 4.78 is 3.71. The van der Waals surface area contributed by atoms with Crippen LogP contribution in [0.5, 0.6) is 17.2 Å². The third-order valence-corrected chi connectivity index (χ3v) is 7.05. The zero-order chi connectivity index (χ0) is 27.9. The summed E-state index contributed by atoms with van der Waals surface area (Å²) >= 11 is 0. The molecule has 2 aromatic heterocycles. The summed E-state index contributed by atoms with van der Waals surface area (Å²) in [6.07, 6.45) is 3.99. The van der Waals surface area contributed by atoms with Gasteiger partial charge in [-0.3, -0.25) is 9.59 Å². The number of phenolic OH excluding ortho intramolecular Hbond substituents is 1. The van der Waals surface area contributed by atoms with E-state index >= 15 is 0 Å². The van der Waals surface area contributed by atoms with E-state index in [1.54, 1.807) is 26.2 Å². The molecule has 37 heavy (non-hydrogen) atoms. The van der Waals surface area contributed by atoms with Crippen LogP contribution in [-0.2, 0) is 30.3 Å². The molecule has 0 aliphatic heterocycles. The maximum absolute atomic E-state index is 11.9. The first-order valence-corrected chi connectivity index (χ1v) is 12.7. The van der Waals surface area contributed by atoms with Crippen LogP contribution >= 0.6 is 0 Å². The number of aromatic nitrogens is 2. The zero-order valence-electron chi connectivity index (χ0n) is 23.2. The van der Waals surface area contributed by atoms with E-state index in [2.05, 4.69) is 53.7 Å². The van der Waals surface area contributed by atoms with Crippen molar-refractivity contribution in [2.45, 2.75) is 85.7 Å². The Morgan fingerprint density at radius 2 is 1.08 bits per heavy atom. The molecule has 0 aliphatic carbocycles. The monoisotopic (exact) mass is 508 g/mol. The average Bonchev–Trinajstić information content (AvgIpc) is 2.79. The minimum Gasteiger partial charge on any atom is -0.507 e. The van der Waals surface area contributed by atoms with Crippen LogP contribution in [-0.4, -0.2) is 24.5 Å². The SMILES string of the molecule is Cc1c(O)c(=O)ccn1CC(Cc1cc(C(C)(C)C)c(O)c(C(C)(C)C)c1)Cn1ccc(=O)c(O)c1C. The van der Waals surface area contributed by atoms with Gasteiger partial charge in [0.2, 0.25) is 10.9 Å². The van der Waals surface area contributed by atoms with Gasteiger partial charge in [0.1, 0.15) is 5.75 Å². The van der Waals surface area contributed by atoms with E-state index in [0.717, 1.165) is 16.7 Å². The van der Waals surface area contributed by atoms with Crippen molar-refractivity contribution in [3.05, 3.63) is 85.2 Å². The third-order valence-electron chi connectivity index (χ3n) is 7.05. The molecule has 200 valence electrons. The molecule has 0 amide bonds. The molecule has 3 aromatic rings. The fraction of sp³-hybridized carbons (Fsp3) is 0.467. The first-order valence-electron chi connectivity index (χ1n) is 12.7. The van der Waals surface area contributed by atoms with Crippen molar-refractivity contribution in [1.82, 2.24) is 9.13 Å². The highest BCUT2D eigenvalue weighted by Crippen LogP contribution is 2.40. The molecule has 2 heterocycles. The predicted molar refractivity (Wildman–Crippen MR) is 147 cm³/mol. The molecule has 0 atom stereocenters. The highest BCUT2D eigenvalue weighted by atomic mass is 16.3. The predicted octanol–water partition coefficient (Wildman–Crippen LogP) is 4.90. The van der Waals surface area contributed by atoms with Crippen molar-refractivity contribution in [1.29, 1.82) is 0 Å². The average molecular weight is 509 g/mol. The molecule has 3 rings (SSSR count). The highest BCUT2D eigenvalue weighted by Gasteiger charge is 2.27. The van der Waals surface area contributed by atoms with Gasteiger partial charge < -0.3 is 24.5 Å². The number of hydrogen-bond donors (Lipinski definition) is 3. The van der Waals surface area contributed by atoms with Crippen LogP contribution in [0.1, 0.15) is 69.6 Å². The molecular weight excluding hydrogens is 468 g/mol. The van der Waals surface area contributed by atoms with Gasteiger partial charge in [-0.25, -0.2) is 0 Å². The van der Waals surface area contributed by atoms with Crippen LogP contribution in [0.25, 0.3) is 0 Å². The van der Waals surface area contributed by atoms with Gasteiger partial charge in [0, 0.05) is 37.6 Å². The molecule has 0 saturated heterocycles. The molecule has 7 nitrogen and oxygen atoms in total. The summed E-state index contributed by atoms with van der Waals surface area (Å²) in [5.74, 6) is -0.254. The van der Waals surface area contributed by atoms with Gasteiger partial charge in [-0.05, 0) is 53.7 Å². The number of nitrogens with zero attached hydrogens (tertiary/aromatic N) is 2. The van der Waals surface area contributed by atoms with Crippen molar-refractivity contribution in [3.63, 3.8) is 0 Å². The Balaban J connectivity index is 2.12. The van der Waals surface area contributed by atoms with E-state index in [1.807, 2.05) is 9.13 Å². The second-order valence-corrected chi connectivity index (χ2v) is 12.1. The van der Waals surface area contributed by atoms with Crippen LogP contribution in [0.2, 0.25) is 0 Å². The van der Waals surface area contributed by atoms with Gasteiger partial charge in [-0.15, -0.1) is 0 Å². The van der Waals surface area contributed by atoms with Crippen LogP contribution < -0.4 is 10.9 Å². The Hall–Kier alpha value is -3.48. The number of benzene rings is 1. The fourth-order valence-electron chi connectivity index (χ4n) is 4.75. The van der Waals surface area contributed by atoms with E-state index < -0.39 is 10.9 Å². The van der Waals surface area contributed by atoms with E-state index in [0.29, 0.717) is 36.6 Å². The lowest BCUT2D eigenvalue weighted by molar-refractivity contribution is 0.360. The van der Waals surface area contributed by atoms with Crippen LogP contribution in [0.15, 0.2) is 46.2 Å². The van der Waals surface area contributed by atoms with Gasteiger partial charge in [-0.1, -0.05) is 53.7 Å². The molecule has 1 aromatic carbocycles. The molecule has 0 unspecified atom stereocenters. The first kappa shape index (κ1) is 28.1.